The fourth-order valence-electron chi connectivity index (χ4n) is 2.49. The van der Waals surface area contributed by atoms with E-state index in [1.54, 1.807) is 31.2 Å². The van der Waals surface area contributed by atoms with Crippen LogP contribution in [0.3, 0.4) is 0 Å². The molecule has 1 atom stereocenters. The molecular weight excluding hydrogens is 358 g/mol. The van der Waals surface area contributed by atoms with Gasteiger partial charge >= 0.3 is 5.97 Å². The van der Waals surface area contributed by atoms with E-state index in [1.807, 2.05) is 37.3 Å². The molecule has 0 bridgehead atoms. The van der Waals surface area contributed by atoms with Gasteiger partial charge in [-0.2, -0.15) is 0 Å². The first-order chi connectivity index (χ1) is 13.5. The monoisotopic (exact) mass is 383 g/mol. The van der Waals surface area contributed by atoms with Gasteiger partial charge in [0.1, 0.15) is 5.75 Å². The second-order valence-corrected chi connectivity index (χ2v) is 6.37. The maximum Gasteiger partial charge on any atom is 0.344 e. The number of ether oxygens (including phenoxy) is 2. The number of Topliss-reactive ketones (excluding diaryl/α,β-unsaturated/α-hetero) is 1. The number of hydrogen-bond donors (Lipinski definition) is 1. The van der Waals surface area contributed by atoms with Gasteiger partial charge in [-0.05, 0) is 35.7 Å². The third kappa shape index (κ3) is 6.87. The number of esters is 1. The molecule has 1 amide bonds. The molecular formula is C22H25NO5. The molecule has 0 aliphatic heterocycles. The van der Waals surface area contributed by atoms with Crippen molar-refractivity contribution in [1.82, 2.24) is 5.32 Å². The van der Waals surface area contributed by atoms with Crippen molar-refractivity contribution in [2.24, 2.45) is 0 Å². The minimum atomic E-state index is -0.639. The summed E-state index contributed by atoms with van der Waals surface area (Å²) in [4.78, 5) is 35.1. The summed E-state index contributed by atoms with van der Waals surface area (Å²) in [5, 5.41) is 2.74. The van der Waals surface area contributed by atoms with Gasteiger partial charge in [0.2, 0.25) is 0 Å². The van der Waals surface area contributed by atoms with Crippen LogP contribution in [0.25, 0.3) is 0 Å². The van der Waals surface area contributed by atoms with Crippen LogP contribution in [0.1, 0.15) is 42.1 Å². The summed E-state index contributed by atoms with van der Waals surface area (Å²) in [5.41, 5.74) is 1.72. The first-order valence-electron chi connectivity index (χ1n) is 9.23. The zero-order chi connectivity index (χ0) is 20.4. The van der Waals surface area contributed by atoms with Crippen molar-refractivity contribution in [1.29, 1.82) is 0 Å². The summed E-state index contributed by atoms with van der Waals surface area (Å²) in [6, 6.07) is 16.4. The summed E-state index contributed by atoms with van der Waals surface area (Å²) in [6.07, 6.45) is 0.429. The lowest BCUT2D eigenvalue weighted by atomic mass is 10.0. The number of rotatable bonds is 10. The molecule has 0 saturated heterocycles. The fraction of sp³-hybridized carbons (Fsp3) is 0.318. The Labute approximate surface area is 164 Å². The van der Waals surface area contributed by atoms with Crippen LogP contribution in [0.2, 0.25) is 0 Å². The van der Waals surface area contributed by atoms with Gasteiger partial charge in [-0.15, -0.1) is 0 Å². The third-order valence-corrected chi connectivity index (χ3v) is 4.19. The highest BCUT2D eigenvalue weighted by Crippen LogP contribution is 2.14. The molecule has 0 spiro atoms. The summed E-state index contributed by atoms with van der Waals surface area (Å²) in [7, 11) is 0. The Morgan fingerprint density at radius 2 is 1.64 bits per heavy atom. The largest absolute Gasteiger partial charge is 0.482 e. The van der Waals surface area contributed by atoms with E-state index in [9.17, 15) is 14.4 Å². The van der Waals surface area contributed by atoms with Gasteiger partial charge in [-0.3, -0.25) is 9.59 Å². The molecule has 2 aromatic rings. The second-order valence-electron chi connectivity index (χ2n) is 6.37. The standard InChI is InChI=1S/C22H25NO5/c1-3-20(24)18-9-11-19(12-10-18)27-15-22(26)28-14-21(25)23-13-16(2)17-7-5-4-6-8-17/h4-12,16H,3,13-15H2,1-2H3,(H,23,25)/t16-/m0/s1. The molecule has 6 nitrogen and oxygen atoms in total. The Balaban J connectivity index is 1.66. The molecule has 2 aromatic carbocycles. The Hall–Kier alpha value is -3.15. The SMILES string of the molecule is CCC(=O)c1ccc(OCC(=O)OCC(=O)NC[C@H](C)c2ccccc2)cc1. The number of carbonyl (C=O) groups is 3. The van der Waals surface area contributed by atoms with Gasteiger partial charge in [0.05, 0.1) is 0 Å². The van der Waals surface area contributed by atoms with Gasteiger partial charge in [0, 0.05) is 18.5 Å². The van der Waals surface area contributed by atoms with Crippen LogP contribution in [0, 0.1) is 0 Å². The van der Waals surface area contributed by atoms with Crippen LogP contribution in [0.4, 0.5) is 0 Å². The van der Waals surface area contributed by atoms with Gasteiger partial charge in [0.25, 0.3) is 5.91 Å². The van der Waals surface area contributed by atoms with E-state index in [4.69, 9.17) is 9.47 Å². The molecule has 0 radical (unpaired) electrons. The highest BCUT2D eigenvalue weighted by Gasteiger charge is 2.11. The third-order valence-electron chi connectivity index (χ3n) is 4.19. The van der Waals surface area contributed by atoms with Crippen molar-refractivity contribution in [3.63, 3.8) is 0 Å². The maximum atomic E-state index is 11.8. The van der Waals surface area contributed by atoms with Gasteiger partial charge in [0.15, 0.2) is 19.0 Å². The number of hydrogen-bond acceptors (Lipinski definition) is 5. The van der Waals surface area contributed by atoms with Crippen LogP contribution < -0.4 is 10.1 Å². The highest BCUT2D eigenvalue weighted by molar-refractivity contribution is 5.95. The fourth-order valence-corrected chi connectivity index (χ4v) is 2.49. The average Bonchev–Trinajstić information content (AvgIpc) is 2.74. The summed E-state index contributed by atoms with van der Waals surface area (Å²) >= 11 is 0. The Kier molecular flexibility index (Phi) is 8.21. The quantitative estimate of drug-likeness (QED) is 0.504. The van der Waals surface area contributed by atoms with Crippen LogP contribution in [-0.2, 0) is 14.3 Å². The van der Waals surface area contributed by atoms with Gasteiger partial charge in [-0.1, -0.05) is 44.2 Å². The molecule has 0 aromatic heterocycles. The number of benzene rings is 2. The predicted molar refractivity (Wildman–Crippen MR) is 105 cm³/mol. The lowest BCUT2D eigenvalue weighted by Gasteiger charge is -2.13. The second kappa shape index (κ2) is 10.9. The average molecular weight is 383 g/mol. The van der Waals surface area contributed by atoms with Crippen molar-refractivity contribution in [3.05, 3.63) is 65.7 Å². The molecule has 0 heterocycles. The molecule has 148 valence electrons. The van der Waals surface area contributed by atoms with E-state index >= 15 is 0 Å². The van der Waals surface area contributed by atoms with E-state index in [1.165, 1.54) is 0 Å². The van der Waals surface area contributed by atoms with Crippen LogP contribution in [-0.4, -0.2) is 37.4 Å². The highest BCUT2D eigenvalue weighted by atomic mass is 16.6. The van der Waals surface area contributed by atoms with E-state index in [2.05, 4.69) is 5.32 Å². The topological polar surface area (TPSA) is 81.7 Å². The van der Waals surface area contributed by atoms with Crippen molar-refractivity contribution in [3.8, 4) is 5.75 Å². The van der Waals surface area contributed by atoms with E-state index in [0.29, 0.717) is 24.3 Å². The molecule has 1 N–H and O–H groups in total. The number of carbonyl (C=O) groups excluding carboxylic acids is 3. The van der Waals surface area contributed by atoms with Crippen LogP contribution >= 0.6 is 0 Å². The smallest absolute Gasteiger partial charge is 0.344 e. The molecule has 0 aliphatic rings. The predicted octanol–water partition coefficient (Wildman–Crippen LogP) is 3.12. The van der Waals surface area contributed by atoms with E-state index in [-0.39, 0.29) is 30.8 Å². The Morgan fingerprint density at radius 3 is 2.29 bits per heavy atom. The number of ketones is 1. The zero-order valence-electron chi connectivity index (χ0n) is 16.1. The molecule has 28 heavy (non-hydrogen) atoms. The normalized spacial score (nSPS) is 11.4. The van der Waals surface area contributed by atoms with Crippen molar-refractivity contribution in [2.75, 3.05) is 19.8 Å². The minimum Gasteiger partial charge on any atom is -0.482 e. The van der Waals surface area contributed by atoms with Crippen molar-refractivity contribution >= 4 is 17.7 Å². The summed E-state index contributed by atoms with van der Waals surface area (Å²) in [5.74, 6) is -0.352. The van der Waals surface area contributed by atoms with Crippen molar-refractivity contribution in [2.45, 2.75) is 26.2 Å². The van der Waals surface area contributed by atoms with Crippen molar-refractivity contribution < 1.29 is 23.9 Å². The lowest BCUT2D eigenvalue weighted by molar-refractivity contribution is -0.150. The summed E-state index contributed by atoms with van der Waals surface area (Å²) in [6.45, 7) is 3.60. The molecule has 6 heteroatoms. The van der Waals surface area contributed by atoms with E-state index in [0.717, 1.165) is 5.56 Å². The lowest BCUT2D eigenvalue weighted by Crippen LogP contribution is -2.32. The Morgan fingerprint density at radius 1 is 0.964 bits per heavy atom. The van der Waals surface area contributed by atoms with Crippen LogP contribution in [0.15, 0.2) is 54.6 Å². The number of nitrogens with one attached hydrogen (secondary N) is 1. The van der Waals surface area contributed by atoms with Crippen LogP contribution in [0.5, 0.6) is 5.75 Å². The molecule has 0 saturated carbocycles. The molecule has 2 rings (SSSR count). The number of amides is 1. The zero-order valence-corrected chi connectivity index (χ0v) is 16.1. The molecule has 0 aliphatic carbocycles. The maximum absolute atomic E-state index is 11.8. The van der Waals surface area contributed by atoms with E-state index < -0.39 is 5.97 Å². The Bertz CT molecular complexity index is 786. The molecule has 0 unspecified atom stereocenters. The van der Waals surface area contributed by atoms with Gasteiger partial charge < -0.3 is 14.8 Å². The first kappa shape index (κ1) is 21.2. The minimum absolute atomic E-state index is 0.0403. The first-order valence-corrected chi connectivity index (χ1v) is 9.23. The van der Waals surface area contributed by atoms with Gasteiger partial charge in [-0.25, -0.2) is 4.79 Å². The molecule has 0 fully saturated rings. The summed E-state index contributed by atoms with van der Waals surface area (Å²) < 4.78 is 10.2.